The highest BCUT2D eigenvalue weighted by Crippen LogP contribution is 2.38. The van der Waals surface area contributed by atoms with E-state index in [1.807, 2.05) is 24.3 Å². The standard InChI is InChI=1S/C9H6N3O2/c1-2-4-8-7(3-1)13-9(14-8)6-5-10-12-11-6/h1-5H,(H,10,11,12). The van der Waals surface area contributed by atoms with Crippen LogP contribution >= 0.6 is 0 Å². The third-order valence-corrected chi connectivity index (χ3v) is 1.88. The van der Waals surface area contributed by atoms with E-state index in [1.54, 1.807) is 6.20 Å². The van der Waals surface area contributed by atoms with E-state index in [0.717, 1.165) is 0 Å². The number of fused-ring (bicyclic) bond motifs is 1. The smallest absolute Gasteiger partial charge is 0.386 e. The Morgan fingerprint density at radius 3 is 2.36 bits per heavy atom. The van der Waals surface area contributed by atoms with Crippen LogP contribution < -0.4 is 9.47 Å². The van der Waals surface area contributed by atoms with Gasteiger partial charge in [-0.2, -0.15) is 0 Å². The minimum Gasteiger partial charge on any atom is -0.437 e. The largest absolute Gasteiger partial charge is 0.437 e. The first-order valence-electron chi connectivity index (χ1n) is 4.12. The third kappa shape index (κ3) is 1.02. The van der Waals surface area contributed by atoms with Gasteiger partial charge in [-0.15, -0.1) is 5.10 Å². The van der Waals surface area contributed by atoms with Crippen LogP contribution in [0.5, 0.6) is 11.5 Å². The van der Waals surface area contributed by atoms with Crippen molar-refractivity contribution in [3.63, 3.8) is 0 Å². The van der Waals surface area contributed by atoms with Gasteiger partial charge in [0.1, 0.15) is 0 Å². The number of para-hydroxylation sites is 2. The Bertz CT molecular complexity index is 416. The van der Waals surface area contributed by atoms with Crippen LogP contribution in [0.1, 0.15) is 5.69 Å². The van der Waals surface area contributed by atoms with Crippen molar-refractivity contribution in [3.05, 3.63) is 42.4 Å². The molecule has 1 N–H and O–H groups in total. The molecule has 5 heteroatoms. The van der Waals surface area contributed by atoms with E-state index in [-0.39, 0.29) is 0 Å². The van der Waals surface area contributed by atoms with Crippen LogP contribution in [0.4, 0.5) is 0 Å². The fraction of sp³-hybridized carbons (Fsp3) is 0. The number of nitrogens with one attached hydrogen (secondary N) is 1. The van der Waals surface area contributed by atoms with E-state index in [2.05, 4.69) is 15.4 Å². The van der Waals surface area contributed by atoms with Crippen molar-refractivity contribution in [1.82, 2.24) is 15.4 Å². The zero-order chi connectivity index (χ0) is 9.38. The average molecular weight is 188 g/mol. The van der Waals surface area contributed by atoms with Crippen molar-refractivity contribution in [3.8, 4) is 11.5 Å². The van der Waals surface area contributed by atoms with Gasteiger partial charge in [0.2, 0.25) is 0 Å². The highest BCUT2D eigenvalue weighted by Gasteiger charge is 2.30. The molecule has 5 nitrogen and oxygen atoms in total. The highest BCUT2D eigenvalue weighted by molar-refractivity contribution is 5.45. The van der Waals surface area contributed by atoms with E-state index in [1.165, 1.54) is 0 Å². The zero-order valence-corrected chi connectivity index (χ0v) is 7.10. The summed E-state index contributed by atoms with van der Waals surface area (Å²) in [6.45, 7) is 0. The topological polar surface area (TPSA) is 60.0 Å². The predicted molar refractivity (Wildman–Crippen MR) is 46.4 cm³/mol. The molecule has 0 atom stereocenters. The van der Waals surface area contributed by atoms with E-state index in [4.69, 9.17) is 9.47 Å². The molecule has 0 aliphatic carbocycles. The van der Waals surface area contributed by atoms with Crippen LogP contribution in [0.3, 0.4) is 0 Å². The number of H-pyrrole nitrogens is 1. The van der Waals surface area contributed by atoms with Gasteiger partial charge >= 0.3 is 6.29 Å². The Morgan fingerprint density at radius 2 is 1.79 bits per heavy atom. The summed E-state index contributed by atoms with van der Waals surface area (Å²) < 4.78 is 10.8. The van der Waals surface area contributed by atoms with Gasteiger partial charge in [-0.3, -0.25) is 5.10 Å². The van der Waals surface area contributed by atoms with Gasteiger partial charge in [-0.05, 0) is 12.1 Å². The molecule has 2 aromatic rings. The fourth-order valence-electron chi connectivity index (χ4n) is 1.25. The summed E-state index contributed by atoms with van der Waals surface area (Å²) in [4.78, 5) is 0. The number of aromatic nitrogens is 3. The summed E-state index contributed by atoms with van der Waals surface area (Å²) in [6.07, 6.45) is 1.97. The number of ether oxygens (including phenoxy) is 2. The number of nitrogens with zero attached hydrogens (tertiary/aromatic N) is 2. The molecule has 2 heterocycles. The summed E-state index contributed by atoms with van der Waals surface area (Å²) in [6, 6.07) is 7.44. The van der Waals surface area contributed by atoms with Crippen molar-refractivity contribution < 1.29 is 9.47 Å². The molecule has 3 rings (SSSR count). The minimum atomic E-state index is 0.361. The molecule has 1 radical (unpaired) electrons. The van der Waals surface area contributed by atoms with Crippen LogP contribution in [0.2, 0.25) is 0 Å². The second kappa shape index (κ2) is 2.73. The van der Waals surface area contributed by atoms with Crippen molar-refractivity contribution in [1.29, 1.82) is 0 Å². The monoisotopic (exact) mass is 188 g/mol. The average Bonchev–Trinajstić information content (AvgIpc) is 2.86. The SMILES string of the molecule is c1ccc2c(c1)O[C](c1c[nH]nn1)O2. The van der Waals surface area contributed by atoms with Gasteiger partial charge in [0, 0.05) is 0 Å². The molecule has 1 aromatic carbocycles. The molecular weight excluding hydrogens is 182 g/mol. The van der Waals surface area contributed by atoms with Crippen molar-refractivity contribution in [2.24, 2.45) is 0 Å². The van der Waals surface area contributed by atoms with Crippen LogP contribution in [0.15, 0.2) is 30.5 Å². The lowest BCUT2D eigenvalue weighted by Crippen LogP contribution is -2.09. The first kappa shape index (κ1) is 7.37. The number of rotatable bonds is 1. The lowest BCUT2D eigenvalue weighted by Gasteiger charge is -2.01. The first-order valence-corrected chi connectivity index (χ1v) is 4.12. The second-order valence-electron chi connectivity index (χ2n) is 2.80. The third-order valence-electron chi connectivity index (χ3n) is 1.88. The van der Waals surface area contributed by atoms with Crippen LogP contribution in [-0.2, 0) is 0 Å². The molecule has 14 heavy (non-hydrogen) atoms. The van der Waals surface area contributed by atoms with Gasteiger partial charge in [0.05, 0.1) is 6.20 Å². The number of hydrogen-bond donors (Lipinski definition) is 1. The maximum atomic E-state index is 5.42. The minimum absolute atomic E-state index is 0.361. The van der Waals surface area contributed by atoms with Crippen molar-refractivity contribution >= 4 is 0 Å². The van der Waals surface area contributed by atoms with E-state index < -0.39 is 0 Å². The summed E-state index contributed by atoms with van der Waals surface area (Å²) in [7, 11) is 0. The maximum absolute atomic E-state index is 5.42. The number of aromatic amines is 1. The van der Waals surface area contributed by atoms with Gasteiger partial charge in [-0.25, -0.2) is 0 Å². The molecule has 0 saturated heterocycles. The van der Waals surface area contributed by atoms with E-state index in [0.29, 0.717) is 23.5 Å². The second-order valence-corrected chi connectivity index (χ2v) is 2.80. The summed E-state index contributed by atoms with van der Waals surface area (Å²) >= 11 is 0. The van der Waals surface area contributed by atoms with E-state index >= 15 is 0 Å². The number of hydrogen-bond acceptors (Lipinski definition) is 4. The summed E-state index contributed by atoms with van der Waals surface area (Å²) in [5.74, 6) is 1.40. The molecule has 0 spiro atoms. The lowest BCUT2D eigenvalue weighted by molar-refractivity contribution is 0.200. The van der Waals surface area contributed by atoms with E-state index in [9.17, 15) is 0 Å². The molecule has 0 bridgehead atoms. The molecule has 1 aromatic heterocycles. The Balaban J connectivity index is 1.92. The molecule has 0 unspecified atom stereocenters. The van der Waals surface area contributed by atoms with Gasteiger partial charge in [-0.1, -0.05) is 17.3 Å². The Morgan fingerprint density at radius 1 is 1.07 bits per heavy atom. The highest BCUT2D eigenvalue weighted by atomic mass is 16.7. The fourth-order valence-corrected chi connectivity index (χ4v) is 1.25. The molecule has 0 saturated carbocycles. The maximum Gasteiger partial charge on any atom is 0.386 e. The quantitative estimate of drug-likeness (QED) is 0.728. The van der Waals surface area contributed by atoms with Crippen LogP contribution in [0.25, 0.3) is 0 Å². The predicted octanol–water partition coefficient (Wildman–Crippen LogP) is 1.11. The molecule has 69 valence electrons. The normalized spacial score (nSPS) is 14.6. The first-order chi connectivity index (χ1) is 6.93. The zero-order valence-electron chi connectivity index (χ0n) is 7.10. The Labute approximate surface area is 79.7 Å². The number of benzene rings is 1. The molecule has 0 amide bonds. The van der Waals surface area contributed by atoms with Crippen molar-refractivity contribution in [2.75, 3.05) is 0 Å². The summed E-state index contributed by atoms with van der Waals surface area (Å²) in [5, 5.41) is 9.95. The Kier molecular flexibility index (Phi) is 1.44. The lowest BCUT2D eigenvalue weighted by atomic mass is 10.3. The Hall–Kier alpha value is -2.04. The van der Waals surface area contributed by atoms with Crippen LogP contribution in [-0.4, -0.2) is 15.4 Å². The van der Waals surface area contributed by atoms with Crippen molar-refractivity contribution in [2.45, 2.75) is 0 Å². The van der Waals surface area contributed by atoms with Gasteiger partial charge in [0.25, 0.3) is 0 Å². The van der Waals surface area contributed by atoms with Gasteiger partial charge in [0.15, 0.2) is 17.2 Å². The molecule has 1 aliphatic heterocycles. The van der Waals surface area contributed by atoms with Gasteiger partial charge < -0.3 is 9.47 Å². The van der Waals surface area contributed by atoms with Crippen LogP contribution in [0, 0.1) is 6.29 Å². The molecular formula is C9H6N3O2. The summed E-state index contributed by atoms with van der Waals surface area (Å²) in [5.41, 5.74) is 0.557. The molecule has 1 aliphatic rings. The molecule has 0 fully saturated rings.